The minimum atomic E-state index is -3.83. The van der Waals surface area contributed by atoms with Crippen LogP contribution in [0.2, 0.25) is 0 Å². The Morgan fingerprint density at radius 3 is 2.20 bits per heavy atom. The number of nitrogens with zero attached hydrogens (tertiary/aromatic N) is 1. The largest absolute Gasteiger partial charge is 0.385 e. The molecule has 0 aliphatic carbocycles. The highest BCUT2D eigenvalue weighted by Gasteiger charge is 2.30. The van der Waals surface area contributed by atoms with Gasteiger partial charge in [0.2, 0.25) is 9.84 Å². The van der Waals surface area contributed by atoms with Crippen molar-refractivity contribution in [2.75, 3.05) is 19.0 Å². The summed E-state index contributed by atoms with van der Waals surface area (Å²) in [7, 11) is -2.21. The molecule has 3 rings (SSSR count). The van der Waals surface area contributed by atoms with Crippen molar-refractivity contribution in [3.05, 3.63) is 77.5 Å². The predicted octanol–water partition coefficient (Wildman–Crippen LogP) is 4.23. The molecule has 30 heavy (non-hydrogen) atoms. The zero-order chi connectivity index (χ0) is 21.7. The van der Waals surface area contributed by atoms with Gasteiger partial charge in [0, 0.05) is 31.5 Å². The SMILES string of the molecule is COCCCn1c(C)c(C)c(S(=O)(=O)c2ccccc2)c1NC(=O)c1ccccc1. The Bertz CT molecular complexity index is 1120. The first-order valence-corrected chi connectivity index (χ1v) is 11.2. The van der Waals surface area contributed by atoms with Gasteiger partial charge in [0.25, 0.3) is 5.91 Å². The van der Waals surface area contributed by atoms with Gasteiger partial charge in [-0.25, -0.2) is 8.42 Å². The number of sulfone groups is 1. The van der Waals surface area contributed by atoms with E-state index in [0.29, 0.717) is 36.5 Å². The highest BCUT2D eigenvalue weighted by atomic mass is 32.2. The van der Waals surface area contributed by atoms with E-state index in [0.717, 1.165) is 5.69 Å². The normalized spacial score (nSPS) is 11.4. The van der Waals surface area contributed by atoms with Crippen molar-refractivity contribution < 1.29 is 17.9 Å². The minimum Gasteiger partial charge on any atom is -0.385 e. The molecule has 2 aromatic carbocycles. The molecular formula is C23H26N2O4S. The van der Waals surface area contributed by atoms with Gasteiger partial charge in [-0.15, -0.1) is 0 Å². The summed E-state index contributed by atoms with van der Waals surface area (Å²) < 4.78 is 34.0. The van der Waals surface area contributed by atoms with Gasteiger partial charge in [-0.2, -0.15) is 0 Å². The fourth-order valence-corrected chi connectivity index (χ4v) is 5.14. The maximum Gasteiger partial charge on any atom is 0.256 e. The van der Waals surface area contributed by atoms with Gasteiger partial charge in [0.1, 0.15) is 10.7 Å². The lowest BCUT2D eigenvalue weighted by atomic mass is 10.2. The second kappa shape index (κ2) is 9.28. The third-order valence-electron chi connectivity index (χ3n) is 5.09. The Labute approximate surface area is 177 Å². The van der Waals surface area contributed by atoms with Crippen molar-refractivity contribution in [3.63, 3.8) is 0 Å². The van der Waals surface area contributed by atoms with Crippen LogP contribution >= 0.6 is 0 Å². The quantitative estimate of drug-likeness (QED) is 0.547. The molecule has 1 N–H and O–H groups in total. The smallest absolute Gasteiger partial charge is 0.256 e. The van der Waals surface area contributed by atoms with E-state index < -0.39 is 9.84 Å². The first-order valence-electron chi connectivity index (χ1n) is 9.73. The summed E-state index contributed by atoms with van der Waals surface area (Å²) in [5.41, 5.74) is 1.88. The van der Waals surface area contributed by atoms with E-state index in [4.69, 9.17) is 4.74 Å². The predicted molar refractivity (Wildman–Crippen MR) is 117 cm³/mol. The second-order valence-electron chi connectivity index (χ2n) is 7.02. The first kappa shape index (κ1) is 21.8. The molecule has 3 aromatic rings. The number of ether oxygens (including phenoxy) is 1. The molecule has 1 heterocycles. The van der Waals surface area contributed by atoms with E-state index in [-0.39, 0.29) is 15.7 Å². The Hall–Kier alpha value is -2.90. The van der Waals surface area contributed by atoms with Crippen LogP contribution < -0.4 is 5.32 Å². The number of anilines is 1. The summed E-state index contributed by atoms with van der Waals surface area (Å²) in [4.78, 5) is 13.2. The summed E-state index contributed by atoms with van der Waals surface area (Å²) in [6, 6.07) is 17.0. The summed E-state index contributed by atoms with van der Waals surface area (Å²) in [5.74, 6) is -0.0654. The number of carbonyl (C=O) groups is 1. The van der Waals surface area contributed by atoms with E-state index >= 15 is 0 Å². The first-order chi connectivity index (χ1) is 14.4. The van der Waals surface area contributed by atoms with Crippen LogP contribution in [-0.2, 0) is 21.1 Å². The van der Waals surface area contributed by atoms with Crippen LogP contribution in [0.4, 0.5) is 5.82 Å². The number of hydrogen-bond donors (Lipinski definition) is 1. The van der Waals surface area contributed by atoms with Crippen LogP contribution in [0.25, 0.3) is 0 Å². The summed E-state index contributed by atoms with van der Waals surface area (Å²) in [6.07, 6.45) is 0.685. The second-order valence-corrected chi connectivity index (χ2v) is 8.91. The Morgan fingerprint density at radius 2 is 1.60 bits per heavy atom. The molecule has 1 amide bonds. The molecule has 0 bridgehead atoms. The average Bonchev–Trinajstić information content (AvgIpc) is 3.00. The van der Waals surface area contributed by atoms with Crippen LogP contribution in [0, 0.1) is 13.8 Å². The summed E-state index contributed by atoms with van der Waals surface area (Å²) in [6.45, 7) is 4.69. The fourth-order valence-electron chi connectivity index (χ4n) is 3.42. The summed E-state index contributed by atoms with van der Waals surface area (Å²) >= 11 is 0. The third-order valence-corrected chi connectivity index (χ3v) is 7.02. The third kappa shape index (κ3) is 4.32. The van der Waals surface area contributed by atoms with Gasteiger partial charge in [-0.1, -0.05) is 36.4 Å². The van der Waals surface area contributed by atoms with Crippen LogP contribution in [-0.4, -0.2) is 32.6 Å². The van der Waals surface area contributed by atoms with Crippen LogP contribution in [0.1, 0.15) is 28.0 Å². The highest BCUT2D eigenvalue weighted by molar-refractivity contribution is 7.91. The molecule has 158 valence electrons. The van der Waals surface area contributed by atoms with Crippen molar-refractivity contribution in [2.24, 2.45) is 0 Å². The zero-order valence-electron chi connectivity index (χ0n) is 17.4. The van der Waals surface area contributed by atoms with Crippen molar-refractivity contribution >= 4 is 21.6 Å². The Balaban J connectivity index is 2.14. The van der Waals surface area contributed by atoms with Crippen LogP contribution in [0.15, 0.2) is 70.5 Å². The van der Waals surface area contributed by atoms with E-state index in [1.54, 1.807) is 68.6 Å². The number of benzene rings is 2. The van der Waals surface area contributed by atoms with Crippen molar-refractivity contribution in [2.45, 2.75) is 36.6 Å². The van der Waals surface area contributed by atoms with E-state index in [1.807, 2.05) is 17.6 Å². The lowest BCUT2D eigenvalue weighted by Gasteiger charge is -2.14. The molecule has 0 aliphatic heterocycles. The maximum absolute atomic E-state index is 13.5. The van der Waals surface area contributed by atoms with Crippen LogP contribution in [0.5, 0.6) is 0 Å². The van der Waals surface area contributed by atoms with Crippen molar-refractivity contribution in [1.82, 2.24) is 4.57 Å². The molecule has 7 heteroatoms. The number of amides is 1. The number of methoxy groups -OCH3 is 1. The maximum atomic E-state index is 13.5. The lowest BCUT2D eigenvalue weighted by molar-refractivity contribution is 0.102. The molecule has 0 fully saturated rings. The fraction of sp³-hybridized carbons (Fsp3) is 0.261. The number of carbonyl (C=O) groups excluding carboxylic acids is 1. The topological polar surface area (TPSA) is 77.4 Å². The Kier molecular flexibility index (Phi) is 6.74. The molecular weight excluding hydrogens is 400 g/mol. The zero-order valence-corrected chi connectivity index (χ0v) is 18.2. The van der Waals surface area contributed by atoms with Crippen molar-refractivity contribution in [1.29, 1.82) is 0 Å². The Morgan fingerprint density at radius 1 is 1.00 bits per heavy atom. The minimum absolute atomic E-state index is 0.132. The van der Waals surface area contributed by atoms with E-state index in [1.165, 1.54) is 0 Å². The molecule has 0 saturated carbocycles. The molecule has 0 saturated heterocycles. The lowest BCUT2D eigenvalue weighted by Crippen LogP contribution is -2.18. The number of hydrogen-bond acceptors (Lipinski definition) is 4. The molecule has 0 atom stereocenters. The summed E-state index contributed by atoms with van der Waals surface area (Å²) in [5, 5.41) is 2.86. The molecule has 0 radical (unpaired) electrons. The molecule has 1 aromatic heterocycles. The number of rotatable bonds is 8. The standard InChI is InChI=1S/C23H26N2O4S/c1-17-18(2)25(15-10-16-29-3)22(24-23(26)19-11-6-4-7-12-19)21(17)30(27,28)20-13-8-5-9-14-20/h4-9,11-14H,10,15-16H2,1-3H3,(H,24,26). The van der Waals surface area contributed by atoms with Gasteiger partial charge >= 0.3 is 0 Å². The van der Waals surface area contributed by atoms with Crippen molar-refractivity contribution in [3.8, 4) is 0 Å². The number of nitrogens with one attached hydrogen (secondary N) is 1. The average molecular weight is 427 g/mol. The van der Waals surface area contributed by atoms with Gasteiger partial charge < -0.3 is 14.6 Å². The highest BCUT2D eigenvalue weighted by Crippen LogP contribution is 2.35. The monoisotopic (exact) mass is 426 g/mol. The van der Waals surface area contributed by atoms with Gasteiger partial charge in [0.15, 0.2) is 0 Å². The molecule has 0 aliphatic rings. The van der Waals surface area contributed by atoms with Gasteiger partial charge in [0.05, 0.1) is 4.90 Å². The van der Waals surface area contributed by atoms with Crippen LogP contribution in [0.3, 0.4) is 0 Å². The molecule has 0 unspecified atom stereocenters. The molecule has 0 spiro atoms. The van der Waals surface area contributed by atoms with Gasteiger partial charge in [-0.3, -0.25) is 4.79 Å². The van der Waals surface area contributed by atoms with E-state index in [2.05, 4.69) is 5.32 Å². The van der Waals surface area contributed by atoms with E-state index in [9.17, 15) is 13.2 Å². The molecule has 6 nitrogen and oxygen atoms in total. The van der Waals surface area contributed by atoms with Gasteiger partial charge in [-0.05, 0) is 50.1 Å². The number of aromatic nitrogens is 1.